The van der Waals surface area contributed by atoms with E-state index in [1.165, 1.54) is 61.8 Å². The van der Waals surface area contributed by atoms with E-state index in [0.717, 1.165) is 25.2 Å². The van der Waals surface area contributed by atoms with Crippen molar-refractivity contribution in [2.24, 2.45) is 0 Å². The Hall–Kier alpha value is -1.02. The van der Waals surface area contributed by atoms with E-state index < -0.39 is 0 Å². The van der Waals surface area contributed by atoms with E-state index in [2.05, 4.69) is 42.3 Å². The van der Waals surface area contributed by atoms with Gasteiger partial charge in [-0.2, -0.15) is 0 Å². The summed E-state index contributed by atoms with van der Waals surface area (Å²) in [6.07, 6.45) is 9.71. The number of aryl methyl sites for hydroxylation is 1. The number of hydrogen-bond donors (Lipinski definition) is 1. The highest BCUT2D eigenvalue weighted by atomic mass is 15.2. The molecule has 0 amide bonds. The molecule has 0 aliphatic heterocycles. The molecule has 2 heteroatoms. The summed E-state index contributed by atoms with van der Waals surface area (Å²) in [6, 6.07) is 8.64. The molecule has 1 N–H and O–H groups in total. The van der Waals surface area contributed by atoms with Crippen molar-refractivity contribution in [2.45, 2.75) is 77.4 Å². The highest BCUT2D eigenvalue weighted by Gasteiger charge is 2.22. The molecule has 0 aromatic heterocycles. The standard InChI is InChI=1S/C19H30N2/c1-3-21(18-7-5-4-6-8-18)19-12-9-16(15(2)13-19)14-20-17-10-11-17/h9,12-13,17-18,20H,3-8,10-11,14H2,1-2H3. The van der Waals surface area contributed by atoms with Crippen LogP contribution in [0.15, 0.2) is 18.2 Å². The Kier molecular flexibility index (Phi) is 4.84. The average Bonchev–Trinajstić information content (AvgIpc) is 3.32. The molecule has 1 aromatic rings. The van der Waals surface area contributed by atoms with Crippen molar-refractivity contribution in [1.29, 1.82) is 0 Å². The maximum absolute atomic E-state index is 3.63. The fourth-order valence-corrected chi connectivity index (χ4v) is 3.64. The van der Waals surface area contributed by atoms with Crippen LogP contribution in [-0.4, -0.2) is 18.6 Å². The van der Waals surface area contributed by atoms with Gasteiger partial charge in [0, 0.05) is 30.9 Å². The van der Waals surface area contributed by atoms with Crippen molar-refractivity contribution in [3.8, 4) is 0 Å². The first kappa shape index (κ1) is 14.9. The Morgan fingerprint density at radius 2 is 1.86 bits per heavy atom. The number of anilines is 1. The first-order valence-corrected chi connectivity index (χ1v) is 8.87. The van der Waals surface area contributed by atoms with E-state index >= 15 is 0 Å². The van der Waals surface area contributed by atoms with Gasteiger partial charge in [-0.25, -0.2) is 0 Å². The number of nitrogens with one attached hydrogen (secondary N) is 1. The monoisotopic (exact) mass is 286 g/mol. The van der Waals surface area contributed by atoms with Crippen molar-refractivity contribution < 1.29 is 0 Å². The molecule has 0 bridgehead atoms. The zero-order valence-corrected chi connectivity index (χ0v) is 13.7. The van der Waals surface area contributed by atoms with Crippen molar-refractivity contribution in [3.05, 3.63) is 29.3 Å². The fraction of sp³-hybridized carbons (Fsp3) is 0.684. The lowest BCUT2D eigenvalue weighted by atomic mass is 9.93. The van der Waals surface area contributed by atoms with Gasteiger partial charge in [-0.3, -0.25) is 0 Å². The average molecular weight is 286 g/mol. The molecular weight excluding hydrogens is 256 g/mol. The molecule has 2 nitrogen and oxygen atoms in total. The van der Waals surface area contributed by atoms with Crippen LogP contribution in [0.3, 0.4) is 0 Å². The summed E-state index contributed by atoms with van der Waals surface area (Å²) in [5, 5.41) is 3.63. The van der Waals surface area contributed by atoms with Gasteiger partial charge in [0.25, 0.3) is 0 Å². The lowest BCUT2D eigenvalue weighted by molar-refractivity contribution is 0.418. The molecule has 0 saturated heterocycles. The molecule has 116 valence electrons. The third kappa shape index (κ3) is 3.79. The largest absolute Gasteiger partial charge is 0.369 e. The van der Waals surface area contributed by atoms with Gasteiger partial charge < -0.3 is 10.2 Å². The van der Waals surface area contributed by atoms with Crippen LogP contribution in [0.2, 0.25) is 0 Å². The summed E-state index contributed by atoms with van der Waals surface area (Å²) >= 11 is 0. The van der Waals surface area contributed by atoms with Gasteiger partial charge >= 0.3 is 0 Å². The molecule has 2 aliphatic rings. The summed E-state index contributed by atoms with van der Waals surface area (Å²) in [4.78, 5) is 2.63. The summed E-state index contributed by atoms with van der Waals surface area (Å²) in [7, 11) is 0. The molecule has 0 atom stereocenters. The van der Waals surface area contributed by atoms with Crippen molar-refractivity contribution in [3.63, 3.8) is 0 Å². The van der Waals surface area contributed by atoms with Crippen molar-refractivity contribution >= 4 is 5.69 Å². The van der Waals surface area contributed by atoms with E-state index in [1.54, 1.807) is 0 Å². The summed E-state index contributed by atoms with van der Waals surface area (Å²) in [5.41, 5.74) is 4.33. The molecule has 0 unspecified atom stereocenters. The minimum Gasteiger partial charge on any atom is -0.369 e. The van der Waals surface area contributed by atoms with Crippen molar-refractivity contribution in [1.82, 2.24) is 5.32 Å². The third-order valence-electron chi connectivity index (χ3n) is 5.17. The minimum absolute atomic E-state index is 0.763. The van der Waals surface area contributed by atoms with Gasteiger partial charge in [0.05, 0.1) is 0 Å². The van der Waals surface area contributed by atoms with Gasteiger partial charge in [-0.1, -0.05) is 25.3 Å². The normalized spacial score (nSPS) is 19.7. The van der Waals surface area contributed by atoms with Gasteiger partial charge in [0.2, 0.25) is 0 Å². The van der Waals surface area contributed by atoms with Gasteiger partial charge in [-0.15, -0.1) is 0 Å². The second-order valence-electron chi connectivity index (χ2n) is 6.84. The van der Waals surface area contributed by atoms with Crippen LogP contribution >= 0.6 is 0 Å². The molecule has 2 saturated carbocycles. The van der Waals surface area contributed by atoms with Crippen LogP contribution in [0.25, 0.3) is 0 Å². The highest BCUT2D eigenvalue weighted by molar-refractivity contribution is 5.51. The number of rotatable bonds is 6. The predicted octanol–water partition coefficient (Wildman–Crippen LogP) is 4.41. The maximum Gasteiger partial charge on any atom is 0.0371 e. The molecule has 2 fully saturated rings. The molecule has 1 aromatic carbocycles. The van der Waals surface area contributed by atoms with E-state index in [1.807, 2.05) is 0 Å². The summed E-state index contributed by atoms with van der Waals surface area (Å²) < 4.78 is 0. The highest BCUT2D eigenvalue weighted by Crippen LogP contribution is 2.28. The topological polar surface area (TPSA) is 15.3 Å². The van der Waals surface area contributed by atoms with Crippen LogP contribution in [0.5, 0.6) is 0 Å². The Bertz CT molecular complexity index is 459. The molecule has 3 rings (SSSR count). The summed E-state index contributed by atoms with van der Waals surface area (Å²) in [5.74, 6) is 0. The third-order valence-corrected chi connectivity index (χ3v) is 5.17. The maximum atomic E-state index is 3.63. The first-order valence-electron chi connectivity index (χ1n) is 8.87. The second kappa shape index (κ2) is 6.83. The quantitative estimate of drug-likeness (QED) is 0.833. The van der Waals surface area contributed by atoms with E-state index in [-0.39, 0.29) is 0 Å². The first-order chi connectivity index (χ1) is 10.3. The van der Waals surface area contributed by atoms with Crippen LogP contribution in [0.4, 0.5) is 5.69 Å². The SMILES string of the molecule is CCN(c1ccc(CNC2CC2)c(C)c1)C1CCCCC1. The van der Waals surface area contributed by atoms with Crippen LogP contribution in [-0.2, 0) is 6.54 Å². The van der Waals surface area contributed by atoms with E-state index in [0.29, 0.717) is 0 Å². The van der Waals surface area contributed by atoms with Gasteiger partial charge in [0.1, 0.15) is 0 Å². The molecular formula is C19H30N2. The predicted molar refractivity (Wildman–Crippen MR) is 90.9 cm³/mol. The van der Waals surface area contributed by atoms with Gasteiger partial charge in [-0.05, 0) is 62.8 Å². The molecule has 0 heterocycles. The minimum atomic E-state index is 0.763. The smallest absolute Gasteiger partial charge is 0.0371 e. The molecule has 2 aliphatic carbocycles. The number of nitrogens with zero attached hydrogens (tertiary/aromatic N) is 1. The Labute approximate surface area is 129 Å². The molecule has 0 radical (unpaired) electrons. The van der Waals surface area contributed by atoms with Crippen LogP contribution < -0.4 is 10.2 Å². The van der Waals surface area contributed by atoms with Crippen LogP contribution in [0, 0.1) is 6.92 Å². The zero-order valence-electron chi connectivity index (χ0n) is 13.7. The lowest BCUT2D eigenvalue weighted by Gasteiger charge is -2.35. The molecule has 21 heavy (non-hydrogen) atoms. The summed E-state index contributed by atoms with van der Waals surface area (Å²) in [6.45, 7) is 6.73. The van der Waals surface area contributed by atoms with Gasteiger partial charge in [0.15, 0.2) is 0 Å². The lowest BCUT2D eigenvalue weighted by Crippen LogP contribution is -2.36. The van der Waals surface area contributed by atoms with E-state index in [9.17, 15) is 0 Å². The second-order valence-corrected chi connectivity index (χ2v) is 6.84. The zero-order chi connectivity index (χ0) is 14.7. The Balaban J connectivity index is 1.69. The molecule has 0 spiro atoms. The van der Waals surface area contributed by atoms with E-state index in [4.69, 9.17) is 0 Å². The Morgan fingerprint density at radius 3 is 2.48 bits per heavy atom. The number of benzene rings is 1. The fourth-order valence-electron chi connectivity index (χ4n) is 3.64. The number of hydrogen-bond acceptors (Lipinski definition) is 2. The van der Waals surface area contributed by atoms with Crippen molar-refractivity contribution in [2.75, 3.05) is 11.4 Å². The van der Waals surface area contributed by atoms with Crippen LogP contribution in [0.1, 0.15) is 63.0 Å². The Morgan fingerprint density at radius 1 is 1.10 bits per heavy atom.